The van der Waals surface area contributed by atoms with Crippen LogP contribution in [0, 0.1) is 5.92 Å². The molecule has 3 atom stereocenters. The van der Waals surface area contributed by atoms with Crippen LogP contribution in [0.2, 0.25) is 0 Å². The first kappa shape index (κ1) is 19.5. The van der Waals surface area contributed by atoms with Crippen molar-refractivity contribution >= 4 is 22.6 Å². The fraction of sp³-hybridized carbons (Fsp3) is 0.556. The number of methoxy groups -OCH3 is 1. The summed E-state index contributed by atoms with van der Waals surface area (Å²) in [4.78, 5) is 0. The fourth-order valence-electron chi connectivity index (χ4n) is 2.41. The van der Waals surface area contributed by atoms with Crippen molar-refractivity contribution in [2.24, 2.45) is 5.92 Å². The van der Waals surface area contributed by atoms with Crippen LogP contribution in [-0.2, 0) is 11.3 Å². The summed E-state index contributed by atoms with van der Waals surface area (Å²) in [7, 11) is 1.66. The summed E-state index contributed by atoms with van der Waals surface area (Å²) >= 11 is 2.21. The van der Waals surface area contributed by atoms with E-state index >= 15 is 0 Å². The van der Waals surface area contributed by atoms with Crippen molar-refractivity contribution in [3.63, 3.8) is 0 Å². The van der Waals surface area contributed by atoms with Gasteiger partial charge in [0.2, 0.25) is 0 Å². The Morgan fingerprint density at radius 2 is 1.95 bits per heavy atom. The van der Waals surface area contributed by atoms with E-state index in [1.807, 2.05) is 28.3 Å². The minimum atomic E-state index is -0.241. The molecule has 0 bridgehead atoms. The normalized spacial score (nSPS) is 15.7. The predicted molar refractivity (Wildman–Crippen MR) is 99.4 cm³/mol. The molecule has 0 saturated heterocycles. The zero-order chi connectivity index (χ0) is 16.4. The molecule has 3 unspecified atom stereocenters. The third-order valence-electron chi connectivity index (χ3n) is 3.69. The van der Waals surface area contributed by atoms with Gasteiger partial charge in [-0.2, -0.15) is 0 Å². The molecule has 0 aromatic heterocycles. The second kappa shape index (κ2) is 11.0. The summed E-state index contributed by atoms with van der Waals surface area (Å²) in [6.45, 7) is 4.79. The van der Waals surface area contributed by atoms with Crippen molar-refractivity contribution in [3.05, 3.63) is 40.0 Å². The van der Waals surface area contributed by atoms with Crippen molar-refractivity contribution < 1.29 is 14.6 Å². The van der Waals surface area contributed by atoms with E-state index in [4.69, 9.17) is 9.47 Å². The van der Waals surface area contributed by atoms with E-state index in [2.05, 4.69) is 42.5 Å². The van der Waals surface area contributed by atoms with Gasteiger partial charge in [0.1, 0.15) is 5.75 Å². The molecule has 124 valence electrons. The Bertz CT molecular complexity index is 430. The average molecular weight is 418 g/mol. The van der Waals surface area contributed by atoms with Gasteiger partial charge in [-0.25, -0.2) is 0 Å². The number of ether oxygens (including phenoxy) is 2. The van der Waals surface area contributed by atoms with Gasteiger partial charge >= 0.3 is 0 Å². The molecule has 1 rings (SSSR count). The van der Waals surface area contributed by atoms with E-state index in [1.165, 1.54) is 0 Å². The summed E-state index contributed by atoms with van der Waals surface area (Å²) < 4.78 is 13.2. The van der Waals surface area contributed by atoms with Crippen LogP contribution in [0.3, 0.4) is 0 Å². The van der Waals surface area contributed by atoms with E-state index in [9.17, 15) is 5.11 Å². The maximum absolute atomic E-state index is 9.98. The molecular weight excluding hydrogens is 391 g/mol. The van der Waals surface area contributed by atoms with Gasteiger partial charge in [0.15, 0.2) is 0 Å². The van der Waals surface area contributed by atoms with Crippen LogP contribution in [0.5, 0.6) is 5.75 Å². The van der Waals surface area contributed by atoms with Crippen LogP contribution < -0.4 is 4.74 Å². The number of halogens is 1. The molecule has 0 spiro atoms. The standard InChI is InChI=1S/C18H27IO3/c1-4-5-16(20)12-14(2)18(10-11-19)22-13-15-6-8-17(21-3)9-7-15/h6-11,14,16,18,20H,4-5,12-13H2,1-3H3. The molecule has 0 fully saturated rings. The average Bonchev–Trinajstić information content (AvgIpc) is 2.52. The monoisotopic (exact) mass is 418 g/mol. The smallest absolute Gasteiger partial charge is 0.118 e. The van der Waals surface area contributed by atoms with Crippen molar-refractivity contribution in [1.29, 1.82) is 0 Å². The van der Waals surface area contributed by atoms with Gasteiger partial charge in [0.25, 0.3) is 0 Å². The van der Waals surface area contributed by atoms with E-state index in [-0.39, 0.29) is 18.1 Å². The number of hydrogen-bond donors (Lipinski definition) is 1. The van der Waals surface area contributed by atoms with Crippen LogP contribution in [-0.4, -0.2) is 24.4 Å². The lowest BCUT2D eigenvalue weighted by Crippen LogP contribution is -2.24. The molecule has 0 radical (unpaired) electrons. The van der Waals surface area contributed by atoms with E-state index in [0.717, 1.165) is 30.6 Å². The quantitative estimate of drug-likeness (QED) is 0.559. The predicted octanol–water partition coefficient (Wildman–Crippen LogP) is 4.72. The van der Waals surface area contributed by atoms with Crippen LogP contribution >= 0.6 is 22.6 Å². The Morgan fingerprint density at radius 1 is 1.27 bits per heavy atom. The van der Waals surface area contributed by atoms with Gasteiger partial charge in [-0.3, -0.25) is 0 Å². The topological polar surface area (TPSA) is 38.7 Å². The molecule has 4 heteroatoms. The minimum Gasteiger partial charge on any atom is -0.497 e. The number of rotatable bonds is 10. The third kappa shape index (κ3) is 7.11. The van der Waals surface area contributed by atoms with Crippen molar-refractivity contribution in [2.45, 2.75) is 51.9 Å². The molecule has 0 amide bonds. The maximum Gasteiger partial charge on any atom is 0.118 e. The molecule has 0 aliphatic heterocycles. The molecule has 3 nitrogen and oxygen atoms in total. The largest absolute Gasteiger partial charge is 0.497 e. The van der Waals surface area contributed by atoms with E-state index < -0.39 is 0 Å². The SMILES string of the molecule is CCCC(O)CC(C)C(C=CI)OCc1ccc(OC)cc1. The Kier molecular flexibility index (Phi) is 9.75. The van der Waals surface area contributed by atoms with Crippen LogP contribution in [0.15, 0.2) is 34.4 Å². The maximum atomic E-state index is 9.98. The Labute approximate surface area is 147 Å². The van der Waals surface area contributed by atoms with Gasteiger partial charge in [-0.15, -0.1) is 0 Å². The molecule has 1 aromatic rings. The Hall–Kier alpha value is -0.590. The zero-order valence-corrected chi connectivity index (χ0v) is 15.8. The van der Waals surface area contributed by atoms with Gasteiger partial charge < -0.3 is 14.6 Å². The highest BCUT2D eigenvalue weighted by Crippen LogP contribution is 2.20. The highest BCUT2D eigenvalue weighted by Gasteiger charge is 2.18. The number of hydrogen-bond acceptors (Lipinski definition) is 3. The summed E-state index contributed by atoms with van der Waals surface area (Å²) in [5.41, 5.74) is 1.12. The first-order valence-electron chi connectivity index (χ1n) is 7.80. The summed E-state index contributed by atoms with van der Waals surface area (Å²) in [5.74, 6) is 1.13. The molecule has 1 aromatic carbocycles. The van der Waals surface area contributed by atoms with Gasteiger partial charge in [-0.1, -0.05) is 55.0 Å². The van der Waals surface area contributed by atoms with Crippen molar-refractivity contribution in [1.82, 2.24) is 0 Å². The summed E-state index contributed by atoms with van der Waals surface area (Å²) in [5, 5.41) is 9.98. The summed E-state index contributed by atoms with van der Waals surface area (Å²) in [6, 6.07) is 7.91. The molecule has 1 N–H and O–H groups in total. The van der Waals surface area contributed by atoms with Crippen LogP contribution in [0.25, 0.3) is 0 Å². The fourth-order valence-corrected chi connectivity index (χ4v) is 2.82. The van der Waals surface area contributed by atoms with E-state index in [1.54, 1.807) is 7.11 Å². The minimum absolute atomic E-state index is 0.0190. The third-order valence-corrected chi connectivity index (χ3v) is 4.11. The molecule has 0 aliphatic rings. The number of aliphatic hydroxyl groups excluding tert-OH is 1. The lowest BCUT2D eigenvalue weighted by atomic mass is 9.95. The van der Waals surface area contributed by atoms with Crippen LogP contribution in [0.4, 0.5) is 0 Å². The number of benzene rings is 1. The van der Waals surface area contributed by atoms with Gasteiger partial charge in [-0.05, 0) is 46.6 Å². The number of aliphatic hydroxyl groups is 1. The molecule has 0 heterocycles. The molecular formula is C18H27IO3. The lowest BCUT2D eigenvalue weighted by molar-refractivity contribution is 0.0180. The van der Waals surface area contributed by atoms with E-state index in [0.29, 0.717) is 6.61 Å². The first-order valence-corrected chi connectivity index (χ1v) is 9.04. The second-order valence-corrected chi connectivity index (χ2v) is 6.32. The molecule has 0 saturated carbocycles. The zero-order valence-electron chi connectivity index (χ0n) is 13.7. The molecule has 0 aliphatic carbocycles. The highest BCUT2D eigenvalue weighted by molar-refractivity contribution is 14.1. The highest BCUT2D eigenvalue weighted by atomic mass is 127. The van der Waals surface area contributed by atoms with Crippen LogP contribution in [0.1, 0.15) is 38.7 Å². The second-order valence-electron chi connectivity index (χ2n) is 5.60. The Balaban J connectivity index is 2.55. The van der Waals surface area contributed by atoms with Crippen molar-refractivity contribution in [3.8, 4) is 5.75 Å². The van der Waals surface area contributed by atoms with Gasteiger partial charge in [0, 0.05) is 0 Å². The van der Waals surface area contributed by atoms with Crippen molar-refractivity contribution in [2.75, 3.05) is 7.11 Å². The first-order chi connectivity index (χ1) is 10.6. The van der Waals surface area contributed by atoms with Gasteiger partial charge in [0.05, 0.1) is 25.9 Å². The Morgan fingerprint density at radius 3 is 2.50 bits per heavy atom. The molecule has 22 heavy (non-hydrogen) atoms. The summed E-state index contributed by atoms with van der Waals surface area (Å²) in [6.07, 6.45) is 4.46. The lowest BCUT2D eigenvalue weighted by Gasteiger charge is -2.23.